The number of carboxylic acid groups (broad SMARTS) is 1. The number of aliphatic carboxylic acids is 1. The number of carbonyl (C=O) groups is 1. The summed E-state index contributed by atoms with van der Waals surface area (Å²) in [6.45, 7) is 4.84. The first-order valence-electron chi connectivity index (χ1n) is 7.34. The SMILES string of the molecule is CC1(C)CC(NS(=O)(=O)N2CCCC(C(=O)O)C2)CCO1. The molecule has 2 aliphatic rings. The summed E-state index contributed by atoms with van der Waals surface area (Å²) in [4.78, 5) is 11.0. The van der Waals surface area contributed by atoms with E-state index in [1.807, 2.05) is 13.8 Å². The number of ether oxygens (including phenoxy) is 1. The number of piperidine rings is 1. The van der Waals surface area contributed by atoms with E-state index in [9.17, 15) is 13.2 Å². The van der Waals surface area contributed by atoms with E-state index in [1.54, 1.807) is 0 Å². The third-order valence-corrected chi connectivity index (χ3v) is 5.73. The molecule has 2 atom stereocenters. The van der Waals surface area contributed by atoms with Crippen molar-refractivity contribution in [3.63, 3.8) is 0 Å². The molecular formula is C13H24N2O5S. The molecule has 0 spiro atoms. The van der Waals surface area contributed by atoms with Gasteiger partial charge in [0.05, 0.1) is 11.5 Å². The van der Waals surface area contributed by atoms with Crippen LogP contribution in [-0.4, -0.2) is 55.1 Å². The maximum atomic E-state index is 12.4. The van der Waals surface area contributed by atoms with Gasteiger partial charge in [0, 0.05) is 25.7 Å². The van der Waals surface area contributed by atoms with E-state index in [-0.39, 0.29) is 18.2 Å². The van der Waals surface area contributed by atoms with E-state index in [0.717, 1.165) is 0 Å². The molecule has 2 rings (SSSR count). The quantitative estimate of drug-likeness (QED) is 0.790. The molecule has 0 saturated carbocycles. The van der Waals surface area contributed by atoms with E-state index >= 15 is 0 Å². The predicted octanol–water partition coefficient (Wildman–Crippen LogP) is 0.575. The van der Waals surface area contributed by atoms with Gasteiger partial charge in [-0.25, -0.2) is 0 Å². The zero-order chi connectivity index (χ0) is 15.7. The lowest BCUT2D eigenvalue weighted by Gasteiger charge is -2.37. The molecule has 0 amide bonds. The Kier molecular flexibility index (Phi) is 4.92. The van der Waals surface area contributed by atoms with E-state index in [2.05, 4.69) is 4.72 Å². The van der Waals surface area contributed by atoms with Gasteiger partial charge in [0.2, 0.25) is 0 Å². The fraction of sp³-hybridized carbons (Fsp3) is 0.923. The number of rotatable bonds is 4. The minimum Gasteiger partial charge on any atom is -0.481 e. The Bertz CT molecular complexity index is 491. The van der Waals surface area contributed by atoms with Crippen LogP contribution < -0.4 is 4.72 Å². The lowest BCUT2D eigenvalue weighted by Crippen LogP contribution is -2.52. The Balaban J connectivity index is 1.99. The van der Waals surface area contributed by atoms with Gasteiger partial charge in [-0.2, -0.15) is 17.4 Å². The molecule has 0 bridgehead atoms. The molecule has 2 saturated heterocycles. The van der Waals surface area contributed by atoms with E-state index < -0.39 is 22.1 Å². The molecule has 2 heterocycles. The summed E-state index contributed by atoms with van der Waals surface area (Å²) >= 11 is 0. The van der Waals surface area contributed by atoms with Crippen LogP contribution in [0.1, 0.15) is 39.5 Å². The summed E-state index contributed by atoms with van der Waals surface area (Å²) < 4.78 is 34.4. The van der Waals surface area contributed by atoms with Gasteiger partial charge < -0.3 is 9.84 Å². The van der Waals surface area contributed by atoms with Crippen molar-refractivity contribution in [2.45, 2.75) is 51.2 Å². The summed E-state index contributed by atoms with van der Waals surface area (Å²) in [6.07, 6.45) is 2.37. The summed E-state index contributed by atoms with van der Waals surface area (Å²) in [5, 5.41) is 9.05. The predicted molar refractivity (Wildman–Crippen MR) is 77.0 cm³/mol. The number of nitrogens with one attached hydrogen (secondary N) is 1. The Morgan fingerprint density at radius 3 is 2.71 bits per heavy atom. The van der Waals surface area contributed by atoms with Gasteiger partial charge in [0.15, 0.2) is 0 Å². The minimum atomic E-state index is -3.64. The van der Waals surface area contributed by atoms with Crippen LogP contribution in [0.3, 0.4) is 0 Å². The van der Waals surface area contributed by atoms with Crippen LogP contribution in [0, 0.1) is 5.92 Å². The average Bonchev–Trinajstić information content (AvgIpc) is 2.37. The number of hydrogen-bond donors (Lipinski definition) is 2. The molecule has 0 radical (unpaired) electrons. The summed E-state index contributed by atoms with van der Waals surface area (Å²) in [5.74, 6) is -1.54. The second kappa shape index (κ2) is 6.20. The molecule has 0 aromatic heterocycles. The van der Waals surface area contributed by atoms with Crippen molar-refractivity contribution >= 4 is 16.2 Å². The van der Waals surface area contributed by atoms with Crippen LogP contribution in [0.25, 0.3) is 0 Å². The molecule has 21 heavy (non-hydrogen) atoms. The first-order valence-corrected chi connectivity index (χ1v) is 8.78. The average molecular weight is 320 g/mol. The van der Waals surface area contributed by atoms with Crippen LogP contribution in [0.2, 0.25) is 0 Å². The highest BCUT2D eigenvalue weighted by atomic mass is 32.2. The van der Waals surface area contributed by atoms with Crippen molar-refractivity contribution in [3.8, 4) is 0 Å². The topological polar surface area (TPSA) is 95.9 Å². The molecule has 2 fully saturated rings. The van der Waals surface area contributed by atoms with E-state index in [1.165, 1.54) is 4.31 Å². The van der Waals surface area contributed by atoms with Gasteiger partial charge in [-0.1, -0.05) is 0 Å². The van der Waals surface area contributed by atoms with Crippen molar-refractivity contribution in [1.82, 2.24) is 9.03 Å². The third kappa shape index (κ3) is 4.38. The Labute approximate surface area is 125 Å². The van der Waals surface area contributed by atoms with E-state index in [0.29, 0.717) is 38.8 Å². The van der Waals surface area contributed by atoms with Crippen molar-refractivity contribution in [2.24, 2.45) is 5.92 Å². The van der Waals surface area contributed by atoms with Crippen molar-refractivity contribution < 1.29 is 23.1 Å². The normalized spacial score (nSPS) is 31.0. The molecule has 122 valence electrons. The minimum absolute atomic E-state index is 0.0529. The molecule has 8 heteroatoms. The van der Waals surface area contributed by atoms with Crippen LogP contribution in [-0.2, 0) is 19.7 Å². The summed E-state index contributed by atoms with van der Waals surface area (Å²) in [6, 6.07) is -0.163. The lowest BCUT2D eigenvalue weighted by atomic mass is 9.95. The highest BCUT2D eigenvalue weighted by molar-refractivity contribution is 7.87. The second-order valence-electron chi connectivity index (χ2n) is 6.46. The first-order chi connectivity index (χ1) is 9.70. The van der Waals surface area contributed by atoms with Crippen LogP contribution >= 0.6 is 0 Å². The first kappa shape index (κ1) is 16.7. The highest BCUT2D eigenvalue weighted by Gasteiger charge is 2.36. The number of hydrogen-bond acceptors (Lipinski definition) is 4. The largest absolute Gasteiger partial charge is 0.481 e. The van der Waals surface area contributed by atoms with Crippen molar-refractivity contribution in [1.29, 1.82) is 0 Å². The molecular weight excluding hydrogens is 296 g/mol. The van der Waals surface area contributed by atoms with Crippen LogP contribution in [0.15, 0.2) is 0 Å². The van der Waals surface area contributed by atoms with Crippen LogP contribution in [0.4, 0.5) is 0 Å². The fourth-order valence-electron chi connectivity index (χ4n) is 2.98. The van der Waals surface area contributed by atoms with Crippen LogP contribution in [0.5, 0.6) is 0 Å². The smallest absolute Gasteiger partial charge is 0.307 e. The molecule has 2 unspecified atom stereocenters. The maximum absolute atomic E-state index is 12.4. The highest BCUT2D eigenvalue weighted by Crippen LogP contribution is 2.25. The second-order valence-corrected chi connectivity index (χ2v) is 8.16. The van der Waals surface area contributed by atoms with Gasteiger partial charge in [0.25, 0.3) is 10.2 Å². The number of carboxylic acids is 1. The van der Waals surface area contributed by atoms with E-state index in [4.69, 9.17) is 9.84 Å². The molecule has 2 aliphatic heterocycles. The zero-order valence-corrected chi connectivity index (χ0v) is 13.4. The number of nitrogens with zero attached hydrogens (tertiary/aromatic N) is 1. The summed E-state index contributed by atoms with van der Waals surface area (Å²) in [5.41, 5.74) is -0.336. The van der Waals surface area contributed by atoms with Gasteiger partial charge in [0.1, 0.15) is 0 Å². The fourth-order valence-corrected chi connectivity index (χ4v) is 4.50. The van der Waals surface area contributed by atoms with Gasteiger partial charge >= 0.3 is 5.97 Å². The summed E-state index contributed by atoms with van der Waals surface area (Å²) in [7, 11) is -3.64. The Morgan fingerprint density at radius 2 is 2.10 bits per heavy atom. The zero-order valence-electron chi connectivity index (χ0n) is 12.5. The molecule has 0 aromatic carbocycles. The Morgan fingerprint density at radius 1 is 1.38 bits per heavy atom. The Hall–Kier alpha value is -0.700. The van der Waals surface area contributed by atoms with Gasteiger partial charge in [-0.15, -0.1) is 0 Å². The maximum Gasteiger partial charge on any atom is 0.307 e. The molecule has 0 aliphatic carbocycles. The van der Waals surface area contributed by atoms with Gasteiger partial charge in [-0.05, 0) is 39.5 Å². The van der Waals surface area contributed by atoms with Gasteiger partial charge in [-0.3, -0.25) is 4.79 Å². The third-order valence-electron chi connectivity index (χ3n) is 4.09. The molecule has 7 nitrogen and oxygen atoms in total. The molecule has 2 N–H and O–H groups in total. The van der Waals surface area contributed by atoms with Crippen molar-refractivity contribution in [2.75, 3.05) is 19.7 Å². The lowest BCUT2D eigenvalue weighted by molar-refractivity contribution is -0.142. The van der Waals surface area contributed by atoms with Crippen molar-refractivity contribution in [3.05, 3.63) is 0 Å². The molecule has 0 aromatic rings. The standard InChI is InChI=1S/C13H24N2O5S/c1-13(2)8-11(5-7-20-13)14-21(18,19)15-6-3-4-10(9-15)12(16)17/h10-11,14H,3-9H2,1-2H3,(H,16,17). The monoisotopic (exact) mass is 320 g/mol.